The van der Waals surface area contributed by atoms with Crippen LogP contribution in [0.2, 0.25) is 0 Å². The van der Waals surface area contributed by atoms with E-state index in [9.17, 15) is 4.79 Å². The molecule has 2 aromatic heterocycles. The first kappa shape index (κ1) is 17.1. The number of anilines is 2. The van der Waals surface area contributed by atoms with Crippen molar-refractivity contribution in [1.82, 2.24) is 4.98 Å². The molecule has 25 heavy (non-hydrogen) atoms. The average Bonchev–Trinajstić information content (AvgIpc) is 3.06. The number of esters is 1. The van der Waals surface area contributed by atoms with Crippen LogP contribution in [-0.4, -0.2) is 23.2 Å². The van der Waals surface area contributed by atoms with Gasteiger partial charge in [-0.2, -0.15) is 0 Å². The maximum absolute atomic E-state index is 12.1. The number of thiocarbonyl (C=S) groups is 1. The van der Waals surface area contributed by atoms with E-state index in [1.165, 1.54) is 18.4 Å². The van der Waals surface area contributed by atoms with Crippen molar-refractivity contribution in [1.29, 1.82) is 0 Å². The molecule has 126 valence electrons. The van der Waals surface area contributed by atoms with Gasteiger partial charge in [0.1, 0.15) is 10.8 Å². The second-order valence-corrected chi connectivity index (χ2v) is 6.47. The van der Waals surface area contributed by atoms with Crippen molar-refractivity contribution < 1.29 is 9.53 Å². The molecule has 0 saturated carbocycles. The van der Waals surface area contributed by atoms with Crippen LogP contribution in [0.25, 0.3) is 10.4 Å². The fraction of sp³-hybridized carbons (Fsp3) is 0.0556. The number of nitrogens with one attached hydrogen (secondary N) is 2. The average molecular weight is 369 g/mol. The van der Waals surface area contributed by atoms with Crippen molar-refractivity contribution in [3.05, 3.63) is 66.4 Å². The van der Waals surface area contributed by atoms with E-state index < -0.39 is 5.97 Å². The minimum Gasteiger partial charge on any atom is -0.465 e. The molecule has 3 aromatic rings. The lowest BCUT2D eigenvalue weighted by Crippen LogP contribution is -2.20. The Hall–Kier alpha value is -2.77. The summed E-state index contributed by atoms with van der Waals surface area (Å²) >= 11 is 6.75. The second kappa shape index (κ2) is 7.87. The Labute approximate surface area is 154 Å². The number of benzene rings is 1. The maximum Gasteiger partial charge on any atom is 0.340 e. The van der Waals surface area contributed by atoms with Crippen LogP contribution in [0.15, 0.2) is 60.8 Å². The Kier molecular flexibility index (Phi) is 5.37. The van der Waals surface area contributed by atoms with Crippen molar-refractivity contribution in [2.45, 2.75) is 0 Å². The van der Waals surface area contributed by atoms with Gasteiger partial charge in [0, 0.05) is 11.1 Å². The molecule has 0 fully saturated rings. The van der Waals surface area contributed by atoms with Crippen LogP contribution in [0.5, 0.6) is 0 Å². The number of carbonyl (C=O) groups is 1. The Morgan fingerprint density at radius 2 is 1.88 bits per heavy atom. The maximum atomic E-state index is 12.1. The number of thiophene rings is 1. The number of hydrogen-bond donors (Lipinski definition) is 2. The van der Waals surface area contributed by atoms with E-state index in [2.05, 4.69) is 15.6 Å². The van der Waals surface area contributed by atoms with Gasteiger partial charge in [-0.15, -0.1) is 11.3 Å². The van der Waals surface area contributed by atoms with Crippen molar-refractivity contribution in [2.24, 2.45) is 0 Å². The van der Waals surface area contributed by atoms with E-state index >= 15 is 0 Å². The molecule has 0 unspecified atom stereocenters. The van der Waals surface area contributed by atoms with E-state index in [1.54, 1.807) is 18.3 Å². The molecule has 0 bridgehead atoms. The quantitative estimate of drug-likeness (QED) is 0.525. The Morgan fingerprint density at radius 1 is 1.12 bits per heavy atom. The van der Waals surface area contributed by atoms with E-state index in [4.69, 9.17) is 17.0 Å². The highest BCUT2D eigenvalue weighted by molar-refractivity contribution is 7.80. The third-order valence-electron chi connectivity index (χ3n) is 3.33. The van der Waals surface area contributed by atoms with Crippen LogP contribution in [0, 0.1) is 0 Å². The Morgan fingerprint density at radius 3 is 2.56 bits per heavy atom. The summed E-state index contributed by atoms with van der Waals surface area (Å²) in [5.74, 6) is 0.209. The molecule has 0 atom stereocenters. The molecular formula is C18H15N3O2S2. The van der Waals surface area contributed by atoms with Gasteiger partial charge in [0.25, 0.3) is 0 Å². The second-order valence-electron chi connectivity index (χ2n) is 5.01. The minimum absolute atomic E-state index is 0.352. The first-order valence-corrected chi connectivity index (χ1v) is 8.66. The molecule has 0 aliphatic heterocycles. The van der Waals surface area contributed by atoms with Crippen molar-refractivity contribution >= 4 is 45.5 Å². The van der Waals surface area contributed by atoms with E-state index in [0.717, 1.165) is 10.4 Å². The molecular weight excluding hydrogens is 354 g/mol. The fourth-order valence-electron chi connectivity index (χ4n) is 2.18. The third-order valence-corrected chi connectivity index (χ3v) is 4.63. The van der Waals surface area contributed by atoms with Gasteiger partial charge in [-0.1, -0.05) is 36.4 Å². The minimum atomic E-state index is -0.415. The van der Waals surface area contributed by atoms with Gasteiger partial charge < -0.3 is 15.4 Å². The zero-order chi connectivity index (χ0) is 17.6. The largest absolute Gasteiger partial charge is 0.465 e. The van der Waals surface area contributed by atoms with Gasteiger partial charge >= 0.3 is 5.97 Å². The summed E-state index contributed by atoms with van der Waals surface area (Å²) in [5, 5.41) is 7.03. The van der Waals surface area contributed by atoms with Crippen molar-refractivity contribution in [3.8, 4) is 10.4 Å². The summed E-state index contributed by atoms with van der Waals surface area (Å²) in [6, 6.07) is 17.1. The molecule has 0 aliphatic carbocycles. The number of hydrogen-bond acceptors (Lipinski definition) is 5. The molecule has 3 rings (SSSR count). The number of pyridine rings is 1. The first-order valence-electron chi connectivity index (χ1n) is 7.44. The van der Waals surface area contributed by atoms with Gasteiger partial charge in [-0.3, -0.25) is 0 Å². The molecule has 2 N–H and O–H groups in total. The van der Waals surface area contributed by atoms with Gasteiger partial charge in [-0.25, -0.2) is 9.78 Å². The molecule has 2 heterocycles. The third kappa shape index (κ3) is 4.20. The van der Waals surface area contributed by atoms with Crippen LogP contribution in [0.3, 0.4) is 0 Å². The van der Waals surface area contributed by atoms with Crippen LogP contribution >= 0.6 is 23.6 Å². The summed E-state index contributed by atoms with van der Waals surface area (Å²) in [7, 11) is 1.36. The lowest BCUT2D eigenvalue weighted by molar-refractivity contribution is 0.0602. The lowest BCUT2D eigenvalue weighted by Gasteiger charge is -2.09. The van der Waals surface area contributed by atoms with Crippen LogP contribution < -0.4 is 10.6 Å². The SMILES string of the molecule is COC(=O)c1cc(-c2ccccc2)sc1NC(=S)Nc1ccccn1. The number of ether oxygens (including phenoxy) is 1. The molecule has 0 aliphatic rings. The van der Waals surface area contributed by atoms with Gasteiger partial charge in [0.15, 0.2) is 5.11 Å². The van der Waals surface area contributed by atoms with Crippen molar-refractivity contribution in [2.75, 3.05) is 17.7 Å². The highest BCUT2D eigenvalue weighted by Crippen LogP contribution is 2.35. The zero-order valence-corrected chi connectivity index (χ0v) is 15.0. The van der Waals surface area contributed by atoms with Crippen LogP contribution in [0.4, 0.5) is 10.8 Å². The van der Waals surface area contributed by atoms with Crippen LogP contribution in [0.1, 0.15) is 10.4 Å². The normalized spacial score (nSPS) is 10.1. The van der Waals surface area contributed by atoms with E-state index in [1.807, 2.05) is 42.5 Å². The van der Waals surface area contributed by atoms with Gasteiger partial charge in [0.2, 0.25) is 0 Å². The molecule has 0 amide bonds. The van der Waals surface area contributed by atoms with Gasteiger partial charge in [-0.05, 0) is 36.0 Å². The Bertz CT molecular complexity index is 880. The zero-order valence-electron chi connectivity index (χ0n) is 13.4. The lowest BCUT2D eigenvalue weighted by atomic mass is 10.1. The molecule has 0 spiro atoms. The summed E-state index contributed by atoms with van der Waals surface area (Å²) in [5.41, 5.74) is 1.46. The van der Waals surface area contributed by atoms with E-state index in [0.29, 0.717) is 21.5 Å². The highest BCUT2D eigenvalue weighted by atomic mass is 32.1. The molecule has 0 radical (unpaired) electrons. The number of nitrogens with zero attached hydrogens (tertiary/aromatic N) is 1. The molecule has 7 heteroatoms. The predicted molar refractivity (Wildman–Crippen MR) is 105 cm³/mol. The number of methoxy groups -OCH3 is 1. The summed E-state index contributed by atoms with van der Waals surface area (Å²) in [6.45, 7) is 0. The predicted octanol–water partition coefficient (Wildman–Crippen LogP) is 4.41. The molecule has 5 nitrogen and oxygen atoms in total. The van der Waals surface area contributed by atoms with Crippen molar-refractivity contribution in [3.63, 3.8) is 0 Å². The van der Waals surface area contributed by atoms with Gasteiger partial charge in [0.05, 0.1) is 12.7 Å². The number of aromatic nitrogens is 1. The fourth-order valence-corrected chi connectivity index (χ4v) is 3.50. The Balaban J connectivity index is 1.85. The molecule has 1 aromatic carbocycles. The topological polar surface area (TPSA) is 63.2 Å². The monoisotopic (exact) mass is 369 g/mol. The summed E-state index contributed by atoms with van der Waals surface area (Å²) in [4.78, 5) is 17.2. The number of carbonyl (C=O) groups excluding carboxylic acids is 1. The van der Waals surface area contributed by atoms with E-state index in [-0.39, 0.29) is 0 Å². The standard InChI is InChI=1S/C18H15N3O2S2/c1-23-17(22)13-11-14(12-7-3-2-4-8-12)25-16(13)21-18(24)20-15-9-5-6-10-19-15/h2-11H,1H3,(H2,19,20,21,24). The molecule has 0 saturated heterocycles. The van der Waals surface area contributed by atoms with Crippen LogP contribution in [-0.2, 0) is 4.74 Å². The summed E-state index contributed by atoms with van der Waals surface area (Å²) in [6.07, 6.45) is 1.67. The summed E-state index contributed by atoms with van der Waals surface area (Å²) < 4.78 is 4.88. The highest BCUT2D eigenvalue weighted by Gasteiger charge is 2.18. The first-order chi connectivity index (χ1) is 12.2. The smallest absolute Gasteiger partial charge is 0.340 e. The number of rotatable bonds is 4.